The summed E-state index contributed by atoms with van der Waals surface area (Å²) in [5.74, 6) is 7.93. The van der Waals surface area contributed by atoms with Crippen LogP contribution in [0.4, 0.5) is 0 Å². The van der Waals surface area contributed by atoms with Crippen molar-refractivity contribution in [1.82, 2.24) is 5.43 Å². The van der Waals surface area contributed by atoms with Crippen molar-refractivity contribution in [3.8, 4) is 11.5 Å². The summed E-state index contributed by atoms with van der Waals surface area (Å²) in [5, 5.41) is 0. The van der Waals surface area contributed by atoms with Gasteiger partial charge >= 0.3 is 0 Å². The minimum absolute atomic E-state index is 0.259. The highest BCUT2D eigenvalue weighted by Crippen LogP contribution is 2.37. The van der Waals surface area contributed by atoms with Crippen molar-refractivity contribution in [1.29, 1.82) is 0 Å². The minimum Gasteiger partial charge on any atom is -0.496 e. The fourth-order valence-electron chi connectivity index (χ4n) is 2.19. The molecule has 1 unspecified atom stereocenters. The number of rotatable bonds is 5. The standard InChI is InChI=1S/C14H18N2O3/c1-9-10(7-8-19-9)14(16-15)13-11(17-2)5-4-6-12(13)18-3/h4-8,14,16H,15H2,1-3H3. The molecule has 0 aliphatic heterocycles. The first-order chi connectivity index (χ1) is 9.22. The Hall–Kier alpha value is -1.98. The maximum absolute atomic E-state index is 5.71. The summed E-state index contributed by atoms with van der Waals surface area (Å²) in [4.78, 5) is 0. The van der Waals surface area contributed by atoms with E-state index in [1.165, 1.54) is 0 Å². The molecule has 1 aromatic heterocycles. The summed E-state index contributed by atoms with van der Waals surface area (Å²) in [6.45, 7) is 1.89. The lowest BCUT2D eigenvalue weighted by Crippen LogP contribution is -2.29. The number of benzene rings is 1. The molecule has 5 nitrogen and oxygen atoms in total. The molecule has 0 aliphatic carbocycles. The molecule has 0 radical (unpaired) electrons. The largest absolute Gasteiger partial charge is 0.496 e. The Morgan fingerprint density at radius 3 is 2.21 bits per heavy atom. The molecule has 102 valence electrons. The lowest BCUT2D eigenvalue weighted by atomic mass is 9.98. The van der Waals surface area contributed by atoms with Crippen LogP contribution in [-0.4, -0.2) is 14.2 Å². The third-order valence-electron chi connectivity index (χ3n) is 3.13. The normalized spacial score (nSPS) is 12.2. The Labute approximate surface area is 112 Å². The minimum atomic E-state index is -0.259. The van der Waals surface area contributed by atoms with Gasteiger partial charge in [0, 0.05) is 5.56 Å². The van der Waals surface area contributed by atoms with Crippen molar-refractivity contribution in [3.63, 3.8) is 0 Å². The van der Waals surface area contributed by atoms with Crippen molar-refractivity contribution in [3.05, 3.63) is 47.4 Å². The SMILES string of the molecule is COc1cccc(OC)c1C(NN)c1ccoc1C. The molecular formula is C14H18N2O3. The lowest BCUT2D eigenvalue weighted by Gasteiger charge is -2.21. The van der Waals surface area contributed by atoms with Crippen LogP contribution in [0.3, 0.4) is 0 Å². The maximum Gasteiger partial charge on any atom is 0.127 e. The second-order valence-corrected chi connectivity index (χ2v) is 4.11. The zero-order valence-electron chi connectivity index (χ0n) is 11.3. The second-order valence-electron chi connectivity index (χ2n) is 4.11. The van der Waals surface area contributed by atoms with Gasteiger partial charge in [0.05, 0.1) is 32.1 Å². The van der Waals surface area contributed by atoms with Crippen LogP contribution in [-0.2, 0) is 0 Å². The van der Waals surface area contributed by atoms with Crippen molar-refractivity contribution in [2.45, 2.75) is 13.0 Å². The number of methoxy groups -OCH3 is 2. The fourth-order valence-corrected chi connectivity index (χ4v) is 2.19. The first-order valence-corrected chi connectivity index (χ1v) is 5.94. The van der Waals surface area contributed by atoms with Crippen molar-refractivity contribution >= 4 is 0 Å². The molecule has 0 saturated heterocycles. The van der Waals surface area contributed by atoms with Crippen LogP contribution in [0.2, 0.25) is 0 Å². The van der Waals surface area contributed by atoms with Crippen LogP contribution in [0, 0.1) is 6.92 Å². The Bertz CT molecular complexity index is 529. The molecule has 0 aliphatic rings. The molecular weight excluding hydrogens is 244 g/mol. The topological polar surface area (TPSA) is 69.7 Å². The molecule has 0 fully saturated rings. The van der Waals surface area contributed by atoms with Crippen LogP contribution in [0.15, 0.2) is 34.9 Å². The van der Waals surface area contributed by atoms with Gasteiger partial charge < -0.3 is 13.9 Å². The first kappa shape index (κ1) is 13.5. The highest BCUT2D eigenvalue weighted by Gasteiger charge is 2.24. The predicted molar refractivity (Wildman–Crippen MR) is 72.2 cm³/mol. The number of nitrogens with two attached hydrogens (primary N) is 1. The average Bonchev–Trinajstić information content (AvgIpc) is 2.86. The van der Waals surface area contributed by atoms with Gasteiger partial charge in [-0.25, -0.2) is 5.43 Å². The second kappa shape index (κ2) is 5.77. The number of aryl methyl sites for hydroxylation is 1. The Balaban J connectivity index is 2.57. The highest BCUT2D eigenvalue weighted by atomic mass is 16.5. The van der Waals surface area contributed by atoms with E-state index in [-0.39, 0.29) is 6.04 Å². The third kappa shape index (κ3) is 2.43. The molecule has 0 amide bonds. The summed E-state index contributed by atoms with van der Waals surface area (Å²) in [6.07, 6.45) is 1.64. The predicted octanol–water partition coefficient (Wildman–Crippen LogP) is 2.16. The van der Waals surface area contributed by atoms with Gasteiger partial charge in [0.15, 0.2) is 0 Å². The van der Waals surface area contributed by atoms with E-state index < -0.39 is 0 Å². The molecule has 19 heavy (non-hydrogen) atoms. The van der Waals surface area contributed by atoms with E-state index in [1.54, 1.807) is 20.5 Å². The molecule has 2 aromatic rings. The number of furan rings is 1. The van der Waals surface area contributed by atoms with Crippen molar-refractivity contribution in [2.75, 3.05) is 14.2 Å². The summed E-state index contributed by atoms with van der Waals surface area (Å²) >= 11 is 0. The van der Waals surface area contributed by atoms with E-state index in [0.717, 1.165) is 16.9 Å². The summed E-state index contributed by atoms with van der Waals surface area (Å²) in [6, 6.07) is 7.24. The van der Waals surface area contributed by atoms with Gasteiger partial charge in [0.1, 0.15) is 17.3 Å². The van der Waals surface area contributed by atoms with Crippen molar-refractivity contribution in [2.24, 2.45) is 5.84 Å². The number of hydrazine groups is 1. The van der Waals surface area contributed by atoms with Crippen molar-refractivity contribution < 1.29 is 13.9 Å². The molecule has 1 aromatic carbocycles. The van der Waals surface area contributed by atoms with Crippen LogP contribution >= 0.6 is 0 Å². The monoisotopic (exact) mass is 262 g/mol. The van der Waals surface area contributed by atoms with E-state index >= 15 is 0 Å². The Morgan fingerprint density at radius 2 is 1.79 bits per heavy atom. The molecule has 0 spiro atoms. The number of hydrogen-bond donors (Lipinski definition) is 2. The first-order valence-electron chi connectivity index (χ1n) is 5.94. The Morgan fingerprint density at radius 1 is 1.16 bits per heavy atom. The lowest BCUT2D eigenvalue weighted by molar-refractivity contribution is 0.376. The number of ether oxygens (including phenoxy) is 2. The number of hydrogen-bond acceptors (Lipinski definition) is 5. The highest BCUT2D eigenvalue weighted by molar-refractivity contribution is 5.50. The van der Waals surface area contributed by atoms with Gasteiger partial charge in [-0.2, -0.15) is 0 Å². The summed E-state index contributed by atoms with van der Waals surface area (Å²) in [5.41, 5.74) is 4.59. The zero-order valence-corrected chi connectivity index (χ0v) is 11.3. The van der Waals surface area contributed by atoms with Gasteiger partial charge in [-0.1, -0.05) is 6.07 Å². The van der Waals surface area contributed by atoms with Gasteiger partial charge in [-0.05, 0) is 25.1 Å². The molecule has 5 heteroatoms. The quantitative estimate of drug-likeness (QED) is 0.638. The molecule has 1 heterocycles. The molecule has 2 rings (SSSR count). The average molecular weight is 262 g/mol. The number of nitrogens with one attached hydrogen (secondary N) is 1. The molecule has 1 atom stereocenters. The van der Waals surface area contributed by atoms with E-state index in [9.17, 15) is 0 Å². The summed E-state index contributed by atoms with van der Waals surface area (Å²) < 4.78 is 16.1. The van der Waals surface area contributed by atoms with Crippen LogP contribution < -0.4 is 20.7 Å². The Kier molecular flexibility index (Phi) is 4.09. The van der Waals surface area contributed by atoms with Gasteiger partial charge in [0.2, 0.25) is 0 Å². The van der Waals surface area contributed by atoms with Gasteiger partial charge in [-0.15, -0.1) is 0 Å². The van der Waals surface area contributed by atoms with E-state index in [0.29, 0.717) is 11.5 Å². The smallest absolute Gasteiger partial charge is 0.127 e. The van der Waals surface area contributed by atoms with E-state index in [2.05, 4.69) is 5.43 Å². The molecule has 0 bridgehead atoms. The zero-order chi connectivity index (χ0) is 13.8. The molecule has 3 N–H and O–H groups in total. The van der Waals surface area contributed by atoms with E-state index in [4.69, 9.17) is 19.7 Å². The van der Waals surface area contributed by atoms with E-state index in [1.807, 2.05) is 31.2 Å². The van der Waals surface area contributed by atoms with Gasteiger partial charge in [-0.3, -0.25) is 5.84 Å². The van der Waals surface area contributed by atoms with Crippen LogP contribution in [0.5, 0.6) is 11.5 Å². The summed E-state index contributed by atoms with van der Waals surface area (Å²) in [7, 11) is 3.24. The van der Waals surface area contributed by atoms with Crippen LogP contribution in [0.25, 0.3) is 0 Å². The fraction of sp³-hybridized carbons (Fsp3) is 0.286. The van der Waals surface area contributed by atoms with Crippen LogP contribution in [0.1, 0.15) is 22.9 Å². The third-order valence-corrected chi connectivity index (χ3v) is 3.13. The van der Waals surface area contributed by atoms with Gasteiger partial charge in [0.25, 0.3) is 0 Å². The maximum atomic E-state index is 5.71. The molecule has 0 saturated carbocycles.